The first kappa shape index (κ1) is 14.2. The maximum atomic E-state index is 12.8. The molecule has 3 heterocycles. The van der Waals surface area contributed by atoms with Gasteiger partial charge >= 0.3 is 0 Å². The highest BCUT2D eigenvalue weighted by Gasteiger charge is 2.45. The van der Waals surface area contributed by atoms with Crippen molar-refractivity contribution in [2.45, 2.75) is 44.2 Å². The second-order valence-corrected chi connectivity index (χ2v) is 6.84. The van der Waals surface area contributed by atoms with Crippen LogP contribution in [0.5, 0.6) is 0 Å². The van der Waals surface area contributed by atoms with E-state index in [4.69, 9.17) is 9.63 Å². The molecule has 4 rings (SSSR count). The fourth-order valence-corrected chi connectivity index (χ4v) is 3.72. The molecule has 120 valence electrons. The Balaban J connectivity index is 1.37. The number of hydrogen-bond acceptors (Lipinski definition) is 5. The van der Waals surface area contributed by atoms with Crippen LogP contribution in [0.3, 0.4) is 0 Å². The second-order valence-electron chi connectivity index (χ2n) is 6.84. The van der Waals surface area contributed by atoms with Gasteiger partial charge in [0, 0.05) is 25.1 Å². The van der Waals surface area contributed by atoms with Gasteiger partial charge in [-0.15, -0.1) is 0 Å². The maximum Gasteiger partial charge on any atom is 0.240 e. The molecule has 22 heavy (non-hydrogen) atoms. The molecular weight excluding hydrogens is 282 g/mol. The molecule has 1 unspecified atom stereocenters. The van der Waals surface area contributed by atoms with Crippen molar-refractivity contribution in [3.05, 3.63) is 17.5 Å². The summed E-state index contributed by atoms with van der Waals surface area (Å²) in [6, 6.07) is 1.92. The highest BCUT2D eigenvalue weighted by atomic mass is 16.5. The van der Waals surface area contributed by atoms with Crippen LogP contribution in [0, 0.1) is 5.92 Å². The van der Waals surface area contributed by atoms with Crippen LogP contribution in [-0.4, -0.2) is 58.2 Å². The molecule has 6 nitrogen and oxygen atoms in total. The van der Waals surface area contributed by atoms with E-state index in [0.717, 1.165) is 31.9 Å². The van der Waals surface area contributed by atoms with Gasteiger partial charge in [-0.1, -0.05) is 5.16 Å². The van der Waals surface area contributed by atoms with E-state index in [2.05, 4.69) is 10.1 Å². The SMILES string of the molecule is O=C(C(C1CC1)N1CCCC1)N1CC(c2cc(CO)on2)C1. The maximum absolute atomic E-state index is 12.8. The van der Waals surface area contributed by atoms with E-state index in [1.165, 1.54) is 25.7 Å². The molecule has 1 amide bonds. The first-order valence-corrected chi connectivity index (χ1v) is 8.35. The minimum atomic E-state index is -0.124. The van der Waals surface area contributed by atoms with Crippen LogP contribution in [0.2, 0.25) is 0 Å². The van der Waals surface area contributed by atoms with Crippen molar-refractivity contribution >= 4 is 5.91 Å². The van der Waals surface area contributed by atoms with Crippen molar-refractivity contribution in [2.24, 2.45) is 5.92 Å². The third-order valence-corrected chi connectivity index (χ3v) is 5.20. The Kier molecular flexibility index (Phi) is 3.66. The Morgan fingerprint density at radius 1 is 1.36 bits per heavy atom. The molecule has 0 spiro atoms. The highest BCUT2D eigenvalue weighted by molar-refractivity contribution is 5.83. The summed E-state index contributed by atoms with van der Waals surface area (Å²) in [6.07, 6.45) is 4.85. The van der Waals surface area contributed by atoms with Crippen molar-refractivity contribution < 1.29 is 14.4 Å². The Hall–Kier alpha value is -1.40. The van der Waals surface area contributed by atoms with Crippen molar-refractivity contribution in [1.29, 1.82) is 0 Å². The summed E-state index contributed by atoms with van der Waals surface area (Å²) < 4.78 is 5.03. The molecule has 1 aromatic heterocycles. The van der Waals surface area contributed by atoms with Crippen LogP contribution in [0.4, 0.5) is 0 Å². The monoisotopic (exact) mass is 305 g/mol. The quantitative estimate of drug-likeness (QED) is 0.878. The van der Waals surface area contributed by atoms with Crippen LogP contribution in [0.15, 0.2) is 10.6 Å². The largest absolute Gasteiger partial charge is 0.388 e. The van der Waals surface area contributed by atoms with E-state index >= 15 is 0 Å². The van der Waals surface area contributed by atoms with Crippen LogP contribution < -0.4 is 0 Å². The lowest BCUT2D eigenvalue weighted by molar-refractivity contribution is -0.142. The smallest absolute Gasteiger partial charge is 0.240 e. The van der Waals surface area contributed by atoms with Gasteiger partial charge in [0.25, 0.3) is 0 Å². The summed E-state index contributed by atoms with van der Waals surface area (Å²) in [5, 5.41) is 13.0. The standard InChI is InChI=1S/C16H23N3O3/c20-10-13-7-14(17-22-13)12-8-19(9-12)16(21)15(11-3-4-11)18-5-1-2-6-18/h7,11-12,15,20H,1-6,8-10H2. The summed E-state index contributed by atoms with van der Waals surface area (Å²) in [4.78, 5) is 17.2. The average Bonchev–Trinajstić information content (AvgIpc) is 2.98. The van der Waals surface area contributed by atoms with Gasteiger partial charge in [0.1, 0.15) is 6.61 Å². The van der Waals surface area contributed by atoms with Crippen LogP contribution in [0.1, 0.15) is 43.1 Å². The van der Waals surface area contributed by atoms with Crippen LogP contribution >= 0.6 is 0 Å². The van der Waals surface area contributed by atoms with Crippen molar-refractivity contribution in [3.8, 4) is 0 Å². The van der Waals surface area contributed by atoms with E-state index in [1.54, 1.807) is 6.07 Å². The van der Waals surface area contributed by atoms with Gasteiger partial charge in [0.15, 0.2) is 5.76 Å². The van der Waals surface area contributed by atoms with E-state index in [1.807, 2.05) is 4.90 Å². The molecule has 0 bridgehead atoms. The fraction of sp³-hybridized carbons (Fsp3) is 0.750. The van der Waals surface area contributed by atoms with E-state index in [-0.39, 0.29) is 18.6 Å². The van der Waals surface area contributed by atoms with Gasteiger partial charge in [0.05, 0.1) is 11.7 Å². The zero-order chi connectivity index (χ0) is 15.1. The van der Waals surface area contributed by atoms with Gasteiger partial charge in [0.2, 0.25) is 5.91 Å². The molecule has 3 aliphatic rings. The summed E-state index contributed by atoms with van der Waals surface area (Å²) in [5.41, 5.74) is 0.859. The van der Waals surface area contributed by atoms with Crippen LogP contribution in [-0.2, 0) is 11.4 Å². The normalized spacial score (nSPS) is 24.5. The zero-order valence-corrected chi connectivity index (χ0v) is 12.8. The van der Waals surface area contributed by atoms with Gasteiger partial charge in [-0.3, -0.25) is 9.69 Å². The van der Waals surface area contributed by atoms with Crippen LogP contribution in [0.25, 0.3) is 0 Å². The fourth-order valence-electron chi connectivity index (χ4n) is 3.72. The third kappa shape index (κ3) is 2.54. The summed E-state index contributed by atoms with van der Waals surface area (Å²) >= 11 is 0. The minimum Gasteiger partial charge on any atom is -0.388 e. The zero-order valence-electron chi connectivity index (χ0n) is 12.8. The number of carbonyl (C=O) groups is 1. The first-order valence-electron chi connectivity index (χ1n) is 8.35. The number of likely N-dealkylation sites (tertiary alicyclic amines) is 2. The summed E-state index contributed by atoms with van der Waals surface area (Å²) in [6.45, 7) is 3.49. The predicted molar refractivity (Wildman–Crippen MR) is 79.1 cm³/mol. The molecule has 1 saturated carbocycles. The number of rotatable bonds is 5. The lowest BCUT2D eigenvalue weighted by atomic mass is 9.94. The first-order chi connectivity index (χ1) is 10.8. The molecule has 6 heteroatoms. The Bertz CT molecular complexity index is 543. The number of nitrogens with zero attached hydrogens (tertiary/aromatic N) is 3. The molecule has 2 saturated heterocycles. The molecule has 3 fully saturated rings. The number of aliphatic hydroxyl groups is 1. The van der Waals surface area contributed by atoms with Gasteiger partial charge in [-0.2, -0.15) is 0 Å². The highest BCUT2D eigenvalue weighted by Crippen LogP contribution is 2.39. The van der Waals surface area contributed by atoms with Crippen molar-refractivity contribution in [1.82, 2.24) is 15.0 Å². The third-order valence-electron chi connectivity index (χ3n) is 5.20. The predicted octanol–water partition coefficient (Wildman–Crippen LogP) is 0.967. The summed E-state index contributed by atoms with van der Waals surface area (Å²) in [7, 11) is 0. The topological polar surface area (TPSA) is 69.8 Å². The Morgan fingerprint density at radius 2 is 2.09 bits per heavy atom. The molecule has 0 radical (unpaired) electrons. The number of aliphatic hydroxyl groups excluding tert-OH is 1. The van der Waals surface area contributed by atoms with Crippen molar-refractivity contribution in [3.63, 3.8) is 0 Å². The Labute approximate surface area is 130 Å². The number of carbonyl (C=O) groups excluding carboxylic acids is 1. The molecular formula is C16H23N3O3. The van der Waals surface area contributed by atoms with Crippen molar-refractivity contribution in [2.75, 3.05) is 26.2 Å². The molecule has 2 aliphatic heterocycles. The van der Waals surface area contributed by atoms with Gasteiger partial charge in [-0.05, 0) is 44.7 Å². The molecule has 1 atom stereocenters. The number of hydrogen-bond donors (Lipinski definition) is 1. The van der Waals surface area contributed by atoms with Gasteiger partial charge < -0.3 is 14.5 Å². The lowest BCUT2D eigenvalue weighted by Crippen LogP contribution is -2.56. The number of amides is 1. The molecule has 1 N–H and O–H groups in total. The van der Waals surface area contributed by atoms with Gasteiger partial charge in [-0.25, -0.2) is 0 Å². The second kappa shape index (κ2) is 5.66. The number of aromatic nitrogens is 1. The van der Waals surface area contributed by atoms with E-state index in [0.29, 0.717) is 17.6 Å². The van der Waals surface area contributed by atoms with E-state index < -0.39 is 0 Å². The molecule has 1 aliphatic carbocycles. The summed E-state index contributed by atoms with van der Waals surface area (Å²) in [5.74, 6) is 1.64. The molecule has 1 aromatic rings. The molecule has 0 aromatic carbocycles. The Morgan fingerprint density at radius 3 is 2.68 bits per heavy atom. The van der Waals surface area contributed by atoms with E-state index in [9.17, 15) is 4.79 Å². The average molecular weight is 305 g/mol. The lowest BCUT2D eigenvalue weighted by Gasteiger charge is -2.42. The minimum absolute atomic E-state index is 0.119.